The third kappa shape index (κ3) is 1.73. The van der Waals surface area contributed by atoms with Gasteiger partial charge in [0.2, 0.25) is 0 Å². The Labute approximate surface area is 67.7 Å². The molecule has 1 nitrogen and oxygen atoms in total. The molecule has 1 radical (unpaired) electrons. The molecule has 11 heavy (non-hydrogen) atoms. The SMILES string of the molecule is CC(C)(C)c1cc[c]cc1O. The molecule has 0 unspecified atom stereocenters. The minimum Gasteiger partial charge on any atom is -0.508 e. The molecule has 0 aliphatic heterocycles. The molecule has 59 valence electrons. The number of phenolic OH excluding ortho intramolecular Hbond substituents is 1. The Bertz CT molecular complexity index is 245. The van der Waals surface area contributed by atoms with Gasteiger partial charge in [-0.15, -0.1) is 0 Å². The zero-order valence-corrected chi connectivity index (χ0v) is 7.18. The lowest BCUT2D eigenvalue weighted by Gasteiger charge is -2.19. The summed E-state index contributed by atoms with van der Waals surface area (Å²) in [6, 6.07) is 8.14. The first kappa shape index (κ1) is 8.12. The molecule has 0 saturated heterocycles. The molecule has 1 aromatic carbocycles. The molecule has 0 heterocycles. The van der Waals surface area contributed by atoms with Crippen LogP contribution in [0.15, 0.2) is 18.2 Å². The Morgan fingerprint density at radius 3 is 2.36 bits per heavy atom. The second-order valence-electron chi connectivity index (χ2n) is 3.69. The first-order valence-electron chi connectivity index (χ1n) is 3.71. The minimum atomic E-state index is 0.0131. The van der Waals surface area contributed by atoms with E-state index in [1.165, 1.54) is 0 Å². The van der Waals surface area contributed by atoms with E-state index in [1.54, 1.807) is 6.07 Å². The molecule has 0 bridgehead atoms. The highest BCUT2D eigenvalue weighted by Crippen LogP contribution is 2.29. The van der Waals surface area contributed by atoms with Crippen LogP contribution in [-0.4, -0.2) is 5.11 Å². The van der Waals surface area contributed by atoms with Crippen molar-refractivity contribution in [3.63, 3.8) is 0 Å². The minimum absolute atomic E-state index is 0.0131. The number of hydrogen-bond donors (Lipinski definition) is 1. The first-order chi connectivity index (χ1) is 5.02. The second-order valence-corrected chi connectivity index (χ2v) is 3.69. The van der Waals surface area contributed by atoms with Crippen LogP contribution in [0.1, 0.15) is 26.3 Å². The Morgan fingerprint density at radius 2 is 2.00 bits per heavy atom. The van der Waals surface area contributed by atoms with E-state index in [4.69, 9.17) is 0 Å². The molecule has 1 heteroatoms. The number of phenols is 1. The van der Waals surface area contributed by atoms with Crippen molar-refractivity contribution in [2.45, 2.75) is 26.2 Å². The molecular weight excluding hydrogens is 136 g/mol. The predicted octanol–water partition coefficient (Wildman–Crippen LogP) is 2.49. The van der Waals surface area contributed by atoms with Gasteiger partial charge in [-0.25, -0.2) is 0 Å². The topological polar surface area (TPSA) is 20.2 Å². The van der Waals surface area contributed by atoms with Crippen molar-refractivity contribution < 1.29 is 5.11 Å². The van der Waals surface area contributed by atoms with E-state index in [9.17, 15) is 5.11 Å². The standard InChI is InChI=1S/C10H13O/c1-10(2,3)8-6-4-5-7-9(8)11/h4,6-7,11H,1-3H3. The molecule has 0 fully saturated rings. The van der Waals surface area contributed by atoms with Crippen molar-refractivity contribution in [3.05, 3.63) is 29.8 Å². The van der Waals surface area contributed by atoms with Crippen LogP contribution in [0.25, 0.3) is 0 Å². The van der Waals surface area contributed by atoms with Crippen LogP contribution < -0.4 is 0 Å². The van der Waals surface area contributed by atoms with Crippen LogP contribution in [0, 0.1) is 6.07 Å². The summed E-state index contributed by atoms with van der Waals surface area (Å²) in [5.74, 6) is 0.333. The number of aromatic hydroxyl groups is 1. The third-order valence-corrected chi connectivity index (χ3v) is 1.65. The van der Waals surface area contributed by atoms with E-state index in [1.807, 2.05) is 12.1 Å². The van der Waals surface area contributed by atoms with Crippen LogP contribution >= 0.6 is 0 Å². The van der Waals surface area contributed by atoms with Gasteiger partial charge in [-0.3, -0.25) is 0 Å². The third-order valence-electron chi connectivity index (χ3n) is 1.65. The fourth-order valence-corrected chi connectivity index (χ4v) is 1.06. The lowest BCUT2D eigenvalue weighted by Crippen LogP contribution is -2.10. The van der Waals surface area contributed by atoms with E-state index in [-0.39, 0.29) is 5.41 Å². The summed E-state index contributed by atoms with van der Waals surface area (Å²) in [6.07, 6.45) is 0. The van der Waals surface area contributed by atoms with Gasteiger partial charge in [-0.2, -0.15) is 0 Å². The Kier molecular flexibility index (Phi) is 1.90. The highest BCUT2D eigenvalue weighted by Gasteiger charge is 2.16. The number of hydrogen-bond acceptors (Lipinski definition) is 1. The van der Waals surface area contributed by atoms with E-state index < -0.39 is 0 Å². The van der Waals surface area contributed by atoms with Crippen LogP contribution in [0.4, 0.5) is 0 Å². The van der Waals surface area contributed by atoms with Crippen molar-refractivity contribution in [3.8, 4) is 5.75 Å². The second kappa shape index (κ2) is 2.57. The molecule has 0 aromatic heterocycles. The molecule has 0 aliphatic carbocycles. The van der Waals surface area contributed by atoms with Gasteiger partial charge in [0.05, 0.1) is 0 Å². The lowest BCUT2D eigenvalue weighted by atomic mass is 9.86. The summed E-state index contributed by atoms with van der Waals surface area (Å²) in [7, 11) is 0. The fourth-order valence-electron chi connectivity index (χ4n) is 1.06. The summed E-state index contributed by atoms with van der Waals surface area (Å²) < 4.78 is 0. The highest BCUT2D eigenvalue weighted by atomic mass is 16.3. The van der Waals surface area contributed by atoms with E-state index in [0.717, 1.165) is 5.56 Å². The van der Waals surface area contributed by atoms with Gasteiger partial charge in [0.15, 0.2) is 0 Å². The zero-order valence-electron chi connectivity index (χ0n) is 7.18. The van der Waals surface area contributed by atoms with Crippen molar-refractivity contribution in [1.29, 1.82) is 0 Å². The van der Waals surface area contributed by atoms with Gasteiger partial charge in [0, 0.05) is 0 Å². The van der Waals surface area contributed by atoms with Crippen LogP contribution in [0.3, 0.4) is 0 Å². The van der Waals surface area contributed by atoms with Gasteiger partial charge in [0.1, 0.15) is 5.75 Å². The van der Waals surface area contributed by atoms with Gasteiger partial charge in [-0.1, -0.05) is 32.9 Å². The van der Waals surface area contributed by atoms with Crippen molar-refractivity contribution in [2.75, 3.05) is 0 Å². The van der Waals surface area contributed by atoms with Crippen LogP contribution in [0.5, 0.6) is 5.75 Å². The summed E-state index contributed by atoms with van der Waals surface area (Å²) in [6.45, 7) is 6.21. The summed E-state index contributed by atoms with van der Waals surface area (Å²) in [5.41, 5.74) is 0.982. The molecule has 0 aliphatic rings. The molecule has 1 aromatic rings. The van der Waals surface area contributed by atoms with Gasteiger partial charge in [-0.05, 0) is 23.1 Å². The van der Waals surface area contributed by atoms with Crippen molar-refractivity contribution >= 4 is 0 Å². The lowest BCUT2D eigenvalue weighted by molar-refractivity contribution is 0.446. The fraction of sp³-hybridized carbons (Fsp3) is 0.400. The molecule has 0 saturated carbocycles. The van der Waals surface area contributed by atoms with E-state index in [0.29, 0.717) is 5.75 Å². The van der Waals surface area contributed by atoms with Gasteiger partial charge >= 0.3 is 0 Å². The largest absolute Gasteiger partial charge is 0.508 e. The molecule has 1 N–H and O–H groups in total. The van der Waals surface area contributed by atoms with Gasteiger partial charge < -0.3 is 5.11 Å². The molecule has 0 amide bonds. The Hall–Kier alpha value is -0.980. The van der Waals surface area contributed by atoms with Crippen LogP contribution in [-0.2, 0) is 5.41 Å². The maximum absolute atomic E-state index is 9.41. The van der Waals surface area contributed by atoms with Crippen LogP contribution in [0.2, 0.25) is 0 Å². The monoisotopic (exact) mass is 149 g/mol. The normalized spacial score (nSPS) is 11.5. The van der Waals surface area contributed by atoms with E-state index in [2.05, 4.69) is 26.8 Å². The van der Waals surface area contributed by atoms with Crippen molar-refractivity contribution in [2.24, 2.45) is 0 Å². The quantitative estimate of drug-likeness (QED) is 0.600. The summed E-state index contributed by atoms with van der Waals surface area (Å²) >= 11 is 0. The molecular formula is C10H13O. The first-order valence-corrected chi connectivity index (χ1v) is 3.71. The highest BCUT2D eigenvalue weighted by molar-refractivity contribution is 5.36. The molecule has 0 atom stereocenters. The predicted molar refractivity (Wildman–Crippen MR) is 45.6 cm³/mol. The van der Waals surface area contributed by atoms with E-state index >= 15 is 0 Å². The maximum Gasteiger partial charge on any atom is 0.119 e. The maximum atomic E-state index is 9.41. The molecule has 0 spiro atoms. The van der Waals surface area contributed by atoms with Crippen molar-refractivity contribution in [1.82, 2.24) is 0 Å². The number of benzene rings is 1. The Morgan fingerprint density at radius 1 is 1.36 bits per heavy atom. The average Bonchev–Trinajstić information content (AvgIpc) is 1.86. The smallest absolute Gasteiger partial charge is 0.119 e. The summed E-state index contributed by atoms with van der Waals surface area (Å²) in [4.78, 5) is 0. The average molecular weight is 149 g/mol. The Balaban J connectivity index is 3.14. The number of rotatable bonds is 0. The van der Waals surface area contributed by atoms with Gasteiger partial charge in [0.25, 0.3) is 0 Å². The molecule has 1 rings (SSSR count). The zero-order chi connectivity index (χ0) is 8.48. The summed E-state index contributed by atoms with van der Waals surface area (Å²) in [5, 5.41) is 9.41.